The minimum Gasteiger partial charge on any atom is -0.394 e. The van der Waals surface area contributed by atoms with Crippen molar-refractivity contribution < 1.29 is 25.5 Å². The summed E-state index contributed by atoms with van der Waals surface area (Å²) in [4.78, 5) is 0. The van der Waals surface area contributed by atoms with Crippen LogP contribution < -0.4 is 5.32 Å². The molecule has 0 saturated heterocycles. The fraction of sp³-hybridized carbons (Fsp3) is 1.00. The van der Waals surface area contributed by atoms with Crippen molar-refractivity contribution in [1.29, 1.82) is 0 Å². The molecule has 0 aromatic rings. The fourth-order valence-electron chi connectivity index (χ4n) is 1.01. The Hall–Kier alpha value is 0.110. The van der Waals surface area contributed by atoms with Crippen molar-refractivity contribution in [3.05, 3.63) is 0 Å². The lowest BCUT2D eigenvalue weighted by Crippen LogP contribution is -2.49. The second kappa shape index (κ2) is 8.28. The molecule has 4 atom stereocenters. The van der Waals surface area contributed by atoms with Gasteiger partial charge < -0.3 is 30.8 Å². The number of rotatable bonds is 8. The summed E-state index contributed by atoms with van der Waals surface area (Å²) < 4.78 is 0. The highest BCUT2D eigenvalue weighted by atomic mass is 32.1. The molecule has 0 aromatic heterocycles. The monoisotopic (exact) mass is 241 g/mol. The molecule has 0 rings (SSSR count). The summed E-state index contributed by atoms with van der Waals surface area (Å²) in [5.41, 5.74) is 0. The number of aliphatic hydroxyl groups excluding tert-OH is 5. The molecule has 0 amide bonds. The van der Waals surface area contributed by atoms with E-state index in [1.807, 2.05) is 0 Å². The molecule has 6 N–H and O–H groups in total. The predicted octanol–water partition coefficient (Wildman–Crippen LogP) is -3.06. The van der Waals surface area contributed by atoms with Crippen molar-refractivity contribution in [2.45, 2.75) is 24.4 Å². The average molecular weight is 241 g/mol. The third-order valence-electron chi connectivity index (χ3n) is 1.97. The van der Waals surface area contributed by atoms with Crippen LogP contribution >= 0.6 is 12.6 Å². The zero-order valence-corrected chi connectivity index (χ0v) is 9.22. The number of aliphatic hydroxyl groups is 5. The molecule has 7 heteroatoms. The topological polar surface area (TPSA) is 113 Å². The van der Waals surface area contributed by atoms with Crippen molar-refractivity contribution >= 4 is 12.6 Å². The Balaban J connectivity index is 3.90. The van der Waals surface area contributed by atoms with Crippen LogP contribution in [-0.4, -0.2) is 75.4 Å². The predicted molar refractivity (Wildman–Crippen MR) is 57.8 cm³/mol. The van der Waals surface area contributed by atoms with Gasteiger partial charge >= 0.3 is 0 Å². The van der Waals surface area contributed by atoms with Gasteiger partial charge in [-0.3, -0.25) is 0 Å². The molecule has 0 aromatic carbocycles. The maximum atomic E-state index is 9.37. The molecule has 0 spiro atoms. The van der Waals surface area contributed by atoms with Gasteiger partial charge in [-0.1, -0.05) is 0 Å². The van der Waals surface area contributed by atoms with Crippen molar-refractivity contribution in [3.63, 3.8) is 0 Å². The first-order chi connectivity index (χ1) is 7.04. The van der Waals surface area contributed by atoms with Crippen molar-refractivity contribution in [3.8, 4) is 0 Å². The second-order valence-electron chi connectivity index (χ2n) is 3.23. The van der Waals surface area contributed by atoms with E-state index in [1.165, 1.54) is 0 Å². The van der Waals surface area contributed by atoms with Gasteiger partial charge in [0.15, 0.2) is 0 Å². The molecule has 0 heterocycles. The van der Waals surface area contributed by atoms with Crippen molar-refractivity contribution in [1.82, 2.24) is 5.32 Å². The highest BCUT2D eigenvalue weighted by Crippen LogP contribution is 2.04. The van der Waals surface area contributed by atoms with Crippen LogP contribution in [0, 0.1) is 0 Å². The summed E-state index contributed by atoms with van der Waals surface area (Å²) in [6, 6.07) is 0. The first-order valence-electron chi connectivity index (χ1n) is 4.69. The van der Waals surface area contributed by atoms with Crippen molar-refractivity contribution in [2.75, 3.05) is 25.4 Å². The molecule has 0 bridgehead atoms. The Bertz CT molecular complexity index is 162. The van der Waals surface area contributed by atoms with Gasteiger partial charge in [-0.05, 0) is 0 Å². The number of hydrogen-bond acceptors (Lipinski definition) is 7. The Morgan fingerprint density at radius 2 is 1.53 bits per heavy atom. The van der Waals surface area contributed by atoms with Crippen LogP contribution in [0.15, 0.2) is 0 Å². The van der Waals surface area contributed by atoms with E-state index in [1.54, 1.807) is 0 Å². The summed E-state index contributed by atoms with van der Waals surface area (Å²) in [6.45, 7) is -0.0303. The van der Waals surface area contributed by atoms with E-state index in [0.717, 1.165) is 0 Å². The van der Waals surface area contributed by atoms with Crippen LogP contribution in [0.5, 0.6) is 0 Å². The third-order valence-corrected chi connectivity index (χ3v) is 2.19. The third kappa shape index (κ3) is 5.67. The SMILES string of the molecule is OC[C@@H](O)[C@@H](O)[C@H](O)[C@H](O)CNCCS. The molecule has 0 aliphatic heterocycles. The van der Waals surface area contributed by atoms with Gasteiger partial charge in [-0.15, -0.1) is 0 Å². The molecule has 0 fully saturated rings. The van der Waals surface area contributed by atoms with E-state index in [-0.39, 0.29) is 6.54 Å². The van der Waals surface area contributed by atoms with Crippen LogP contribution in [0.2, 0.25) is 0 Å². The maximum Gasteiger partial charge on any atom is 0.111 e. The highest BCUT2D eigenvalue weighted by molar-refractivity contribution is 7.80. The van der Waals surface area contributed by atoms with Gasteiger partial charge in [0.25, 0.3) is 0 Å². The molecule has 0 unspecified atom stereocenters. The molecule has 0 aliphatic carbocycles. The molecule has 15 heavy (non-hydrogen) atoms. The summed E-state index contributed by atoms with van der Waals surface area (Å²) in [7, 11) is 0. The first kappa shape index (κ1) is 15.1. The lowest BCUT2D eigenvalue weighted by Gasteiger charge is -2.25. The summed E-state index contributed by atoms with van der Waals surface area (Å²) in [6.07, 6.45) is -5.73. The van der Waals surface area contributed by atoms with Gasteiger partial charge in [-0.25, -0.2) is 0 Å². The van der Waals surface area contributed by atoms with E-state index in [9.17, 15) is 15.3 Å². The normalized spacial score (nSPS) is 19.6. The maximum absolute atomic E-state index is 9.37. The van der Waals surface area contributed by atoms with E-state index in [0.29, 0.717) is 12.3 Å². The minimum atomic E-state index is -1.57. The Morgan fingerprint density at radius 3 is 2.00 bits per heavy atom. The van der Waals surface area contributed by atoms with Crippen LogP contribution in [0.3, 0.4) is 0 Å². The van der Waals surface area contributed by atoms with Crippen LogP contribution in [0.1, 0.15) is 0 Å². The van der Waals surface area contributed by atoms with E-state index < -0.39 is 31.0 Å². The quantitative estimate of drug-likeness (QED) is 0.179. The molecular formula is C8H19NO5S. The van der Waals surface area contributed by atoms with Gasteiger partial charge in [-0.2, -0.15) is 12.6 Å². The lowest BCUT2D eigenvalue weighted by atomic mass is 10.0. The minimum absolute atomic E-state index is 0.0803. The summed E-state index contributed by atoms with van der Waals surface area (Å²) in [5, 5.41) is 48.3. The molecule has 92 valence electrons. The van der Waals surface area contributed by atoms with E-state index in [2.05, 4.69) is 17.9 Å². The van der Waals surface area contributed by atoms with Crippen LogP contribution in [0.25, 0.3) is 0 Å². The summed E-state index contributed by atoms with van der Waals surface area (Å²) in [5.74, 6) is 0.588. The van der Waals surface area contributed by atoms with Crippen molar-refractivity contribution in [2.24, 2.45) is 0 Å². The molecule has 0 aliphatic rings. The second-order valence-corrected chi connectivity index (χ2v) is 3.67. The highest BCUT2D eigenvalue weighted by Gasteiger charge is 2.29. The van der Waals surface area contributed by atoms with Crippen LogP contribution in [0.4, 0.5) is 0 Å². The summed E-state index contributed by atoms with van der Waals surface area (Å²) >= 11 is 3.93. The Labute approximate surface area is 94.0 Å². The van der Waals surface area contributed by atoms with Gasteiger partial charge in [0, 0.05) is 18.8 Å². The number of nitrogens with one attached hydrogen (secondary N) is 1. The molecule has 0 radical (unpaired) electrons. The zero-order chi connectivity index (χ0) is 11.8. The number of hydrogen-bond donors (Lipinski definition) is 7. The van der Waals surface area contributed by atoms with Gasteiger partial charge in [0.2, 0.25) is 0 Å². The molecule has 6 nitrogen and oxygen atoms in total. The standard InChI is InChI=1S/C8H19NO5S/c10-4-6(12)8(14)7(13)5(11)3-9-1-2-15/h5-15H,1-4H2/t5-,6-,7-,8-/m1/s1. The van der Waals surface area contributed by atoms with E-state index >= 15 is 0 Å². The lowest BCUT2D eigenvalue weighted by molar-refractivity contribution is -0.113. The van der Waals surface area contributed by atoms with Gasteiger partial charge in [0.05, 0.1) is 12.7 Å². The van der Waals surface area contributed by atoms with Gasteiger partial charge in [0.1, 0.15) is 18.3 Å². The number of thiol groups is 1. The Kier molecular flexibility index (Phi) is 8.34. The largest absolute Gasteiger partial charge is 0.394 e. The Morgan fingerprint density at radius 1 is 1.00 bits per heavy atom. The van der Waals surface area contributed by atoms with E-state index in [4.69, 9.17) is 10.2 Å². The zero-order valence-electron chi connectivity index (χ0n) is 8.32. The first-order valence-corrected chi connectivity index (χ1v) is 5.32. The van der Waals surface area contributed by atoms with Crippen LogP contribution in [-0.2, 0) is 0 Å². The molecule has 0 saturated carbocycles. The molecular weight excluding hydrogens is 222 g/mol. The fourth-order valence-corrected chi connectivity index (χ4v) is 1.17. The smallest absolute Gasteiger partial charge is 0.111 e. The average Bonchev–Trinajstić information content (AvgIpc) is 2.26.